The van der Waals surface area contributed by atoms with Gasteiger partial charge in [-0.1, -0.05) is 32.5 Å². The monoisotopic (exact) mass is 268 g/mol. The summed E-state index contributed by atoms with van der Waals surface area (Å²) in [6.07, 6.45) is 4.10. The Morgan fingerprint density at radius 3 is 3.00 bits per heavy atom. The predicted octanol–water partition coefficient (Wildman–Crippen LogP) is 2.09. The highest BCUT2D eigenvalue weighted by atomic mass is 32.2. The Morgan fingerprint density at radius 2 is 2.33 bits per heavy atom. The molecule has 0 spiro atoms. The maximum absolute atomic E-state index is 11.5. The molecular weight excluding hydrogens is 248 g/mol. The standard InChI is InChI=1S/C12H20N4OS/c1-4-18-12-14-10(15-16-12)5-6-11(17)13-8-7-9(2)3/h5-6,9H,4,7-8H2,1-3H3,(H,13,17)(H,14,15,16)/b6-5-. The number of amides is 1. The summed E-state index contributed by atoms with van der Waals surface area (Å²) in [5.41, 5.74) is 0. The Hall–Kier alpha value is -1.30. The van der Waals surface area contributed by atoms with Gasteiger partial charge in [0.15, 0.2) is 0 Å². The summed E-state index contributed by atoms with van der Waals surface area (Å²) in [6, 6.07) is 0. The van der Waals surface area contributed by atoms with Crippen molar-refractivity contribution in [1.29, 1.82) is 0 Å². The Kier molecular flexibility index (Phi) is 6.49. The first-order valence-corrected chi connectivity index (χ1v) is 7.11. The summed E-state index contributed by atoms with van der Waals surface area (Å²) in [5, 5.41) is 10.3. The molecule has 6 heteroatoms. The van der Waals surface area contributed by atoms with E-state index in [0.717, 1.165) is 12.2 Å². The van der Waals surface area contributed by atoms with E-state index in [0.29, 0.717) is 23.4 Å². The molecule has 0 saturated heterocycles. The van der Waals surface area contributed by atoms with E-state index >= 15 is 0 Å². The fourth-order valence-electron chi connectivity index (χ4n) is 1.22. The van der Waals surface area contributed by atoms with Gasteiger partial charge in [0.05, 0.1) is 0 Å². The summed E-state index contributed by atoms with van der Waals surface area (Å²) < 4.78 is 0. The van der Waals surface area contributed by atoms with Crippen LogP contribution in [0.4, 0.5) is 0 Å². The van der Waals surface area contributed by atoms with E-state index in [4.69, 9.17) is 0 Å². The highest BCUT2D eigenvalue weighted by molar-refractivity contribution is 7.99. The molecule has 0 atom stereocenters. The number of hydrogen-bond donors (Lipinski definition) is 2. The Bertz CT molecular complexity index is 401. The van der Waals surface area contributed by atoms with Gasteiger partial charge >= 0.3 is 0 Å². The first kappa shape index (κ1) is 14.8. The first-order chi connectivity index (χ1) is 8.61. The molecule has 0 aliphatic rings. The normalized spacial score (nSPS) is 11.3. The minimum atomic E-state index is -0.100. The minimum absolute atomic E-state index is 0.100. The zero-order valence-electron chi connectivity index (χ0n) is 11.1. The van der Waals surface area contributed by atoms with Crippen LogP contribution < -0.4 is 5.32 Å². The molecular formula is C12H20N4OS. The summed E-state index contributed by atoms with van der Waals surface area (Å²) in [4.78, 5) is 15.7. The molecule has 1 rings (SSSR count). The quantitative estimate of drug-likeness (QED) is 0.587. The van der Waals surface area contributed by atoms with Crippen molar-refractivity contribution in [2.75, 3.05) is 12.3 Å². The van der Waals surface area contributed by atoms with Crippen LogP contribution in [0, 0.1) is 5.92 Å². The average molecular weight is 268 g/mol. The first-order valence-electron chi connectivity index (χ1n) is 6.13. The van der Waals surface area contributed by atoms with Crippen molar-refractivity contribution in [3.8, 4) is 0 Å². The van der Waals surface area contributed by atoms with Crippen LogP contribution in [0.1, 0.15) is 33.0 Å². The number of aromatic nitrogens is 3. The molecule has 0 aromatic carbocycles. The van der Waals surface area contributed by atoms with E-state index < -0.39 is 0 Å². The van der Waals surface area contributed by atoms with Gasteiger partial charge in [0, 0.05) is 12.6 Å². The molecule has 0 radical (unpaired) electrons. The maximum atomic E-state index is 11.5. The third kappa shape index (κ3) is 5.86. The molecule has 0 bridgehead atoms. The zero-order valence-corrected chi connectivity index (χ0v) is 11.9. The number of aromatic amines is 1. The van der Waals surface area contributed by atoms with Crippen LogP contribution in [0.3, 0.4) is 0 Å². The molecule has 0 saturated carbocycles. The van der Waals surface area contributed by atoms with Crippen LogP contribution in [0.15, 0.2) is 11.2 Å². The summed E-state index contributed by atoms with van der Waals surface area (Å²) in [7, 11) is 0. The minimum Gasteiger partial charge on any atom is -0.353 e. The van der Waals surface area contributed by atoms with Crippen LogP contribution >= 0.6 is 11.8 Å². The summed E-state index contributed by atoms with van der Waals surface area (Å²) in [6.45, 7) is 7.00. The van der Waals surface area contributed by atoms with Gasteiger partial charge in [-0.15, -0.1) is 5.10 Å². The predicted molar refractivity (Wildman–Crippen MR) is 74.3 cm³/mol. The molecule has 0 aliphatic heterocycles. The fraction of sp³-hybridized carbons (Fsp3) is 0.583. The number of nitrogens with one attached hydrogen (secondary N) is 2. The van der Waals surface area contributed by atoms with Crippen molar-refractivity contribution in [1.82, 2.24) is 20.5 Å². The zero-order chi connectivity index (χ0) is 13.4. The van der Waals surface area contributed by atoms with Crippen molar-refractivity contribution in [3.05, 3.63) is 11.9 Å². The largest absolute Gasteiger partial charge is 0.353 e. The lowest BCUT2D eigenvalue weighted by Crippen LogP contribution is -2.23. The lowest BCUT2D eigenvalue weighted by atomic mass is 10.1. The number of hydrogen-bond acceptors (Lipinski definition) is 4. The maximum Gasteiger partial charge on any atom is 0.244 e. The van der Waals surface area contributed by atoms with Gasteiger partial charge in [0.1, 0.15) is 5.82 Å². The van der Waals surface area contributed by atoms with Gasteiger partial charge in [0.25, 0.3) is 0 Å². The van der Waals surface area contributed by atoms with Gasteiger partial charge in [-0.3, -0.25) is 9.89 Å². The third-order valence-corrected chi connectivity index (χ3v) is 2.90. The van der Waals surface area contributed by atoms with Crippen LogP contribution in [-0.4, -0.2) is 33.4 Å². The lowest BCUT2D eigenvalue weighted by Gasteiger charge is -2.04. The number of carbonyl (C=O) groups excluding carboxylic acids is 1. The smallest absolute Gasteiger partial charge is 0.244 e. The highest BCUT2D eigenvalue weighted by Crippen LogP contribution is 2.11. The lowest BCUT2D eigenvalue weighted by molar-refractivity contribution is -0.116. The van der Waals surface area contributed by atoms with Gasteiger partial charge in [-0.05, 0) is 24.2 Å². The number of rotatable bonds is 7. The van der Waals surface area contributed by atoms with Crippen molar-refractivity contribution in [2.45, 2.75) is 32.3 Å². The van der Waals surface area contributed by atoms with E-state index in [-0.39, 0.29) is 5.91 Å². The second kappa shape index (κ2) is 7.92. The highest BCUT2D eigenvalue weighted by Gasteiger charge is 2.01. The third-order valence-electron chi connectivity index (χ3n) is 2.17. The van der Waals surface area contributed by atoms with Crippen LogP contribution in [0.5, 0.6) is 0 Å². The van der Waals surface area contributed by atoms with E-state index in [2.05, 4.69) is 34.3 Å². The SMILES string of the molecule is CCSc1n[nH]c(/C=C\C(=O)NCCC(C)C)n1. The van der Waals surface area contributed by atoms with Crippen LogP contribution in [0.25, 0.3) is 6.08 Å². The number of thioether (sulfide) groups is 1. The summed E-state index contributed by atoms with van der Waals surface area (Å²) >= 11 is 1.56. The average Bonchev–Trinajstić information content (AvgIpc) is 2.74. The second-order valence-electron chi connectivity index (χ2n) is 4.24. The molecule has 0 aliphatic carbocycles. The van der Waals surface area contributed by atoms with Gasteiger partial charge in [-0.25, -0.2) is 4.98 Å². The second-order valence-corrected chi connectivity index (χ2v) is 5.47. The van der Waals surface area contributed by atoms with Gasteiger partial charge in [-0.2, -0.15) is 0 Å². The Labute approximate surface area is 112 Å². The molecule has 1 aromatic heterocycles. The van der Waals surface area contributed by atoms with E-state index in [1.807, 2.05) is 6.92 Å². The van der Waals surface area contributed by atoms with Gasteiger partial charge in [0.2, 0.25) is 11.1 Å². The molecule has 0 unspecified atom stereocenters. The topological polar surface area (TPSA) is 70.7 Å². The molecule has 1 aromatic rings. The fourth-order valence-corrected chi connectivity index (χ4v) is 1.76. The van der Waals surface area contributed by atoms with Crippen LogP contribution in [0.2, 0.25) is 0 Å². The molecule has 0 fully saturated rings. The van der Waals surface area contributed by atoms with Crippen LogP contribution in [-0.2, 0) is 4.79 Å². The number of nitrogens with zero attached hydrogens (tertiary/aromatic N) is 2. The molecule has 18 heavy (non-hydrogen) atoms. The molecule has 1 amide bonds. The van der Waals surface area contributed by atoms with Crippen molar-refractivity contribution < 1.29 is 4.79 Å². The molecule has 100 valence electrons. The molecule has 2 N–H and O–H groups in total. The Balaban J connectivity index is 2.35. The number of carbonyl (C=O) groups is 1. The van der Waals surface area contributed by atoms with E-state index in [1.54, 1.807) is 17.8 Å². The molecule has 5 nitrogen and oxygen atoms in total. The Morgan fingerprint density at radius 1 is 1.56 bits per heavy atom. The van der Waals surface area contributed by atoms with Gasteiger partial charge < -0.3 is 5.32 Å². The van der Waals surface area contributed by atoms with E-state index in [9.17, 15) is 4.79 Å². The van der Waals surface area contributed by atoms with Crippen molar-refractivity contribution >= 4 is 23.7 Å². The van der Waals surface area contributed by atoms with Crippen molar-refractivity contribution in [2.24, 2.45) is 5.92 Å². The number of H-pyrrole nitrogens is 1. The molecule has 1 heterocycles. The summed E-state index contributed by atoms with van der Waals surface area (Å²) in [5.74, 6) is 2.02. The van der Waals surface area contributed by atoms with E-state index in [1.165, 1.54) is 6.08 Å². The van der Waals surface area contributed by atoms with Crippen molar-refractivity contribution in [3.63, 3.8) is 0 Å².